The second-order valence-corrected chi connectivity index (χ2v) is 3.21. The quantitative estimate of drug-likeness (QED) is 0.789. The summed E-state index contributed by atoms with van der Waals surface area (Å²) in [5, 5.41) is 0. The van der Waals surface area contributed by atoms with Crippen molar-refractivity contribution in [2.75, 3.05) is 31.3 Å². The molecule has 0 aliphatic heterocycles. The molecule has 1 aromatic rings. The molecule has 0 aliphatic carbocycles. The number of pyridine rings is 1. The molecule has 4 nitrogen and oxygen atoms in total. The molecule has 1 heterocycles. The molecule has 0 fully saturated rings. The Balaban J connectivity index is 0.000000921. The van der Waals surface area contributed by atoms with Crippen LogP contribution in [0.2, 0.25) is 0 Å². The highest BCUT2D eigenvalue weighted by Gasteiger charge is 2.03. The van der Waals surface area contributed by atoms with Gasteiger partial charge in [-0.15, -0.1) is 0 Å². The summed E-state index contributed by atoms with van der Waals surface area (Å²) in [6.07, 6.45) is 5.91. The highest BCUT2D eigenvalue weighted by molar-refractivity contribution is 5.65. The average molecular weight is 210 g/mol. The molecule has 0 aliphatic rings. The summed E-state index contributed by atoms with van der Waals surface area (Å²) in [5.41, 5.74) is 12.1. The number of nitrogens with two attached hydrogens (primary N) is 2. The molecule has 0 saturated heterocycles. The fraction of sp³-hybridized carbons (Fsp3) is 0.545. The fourth-order valence-corrected chi connectivity index (χ4v) is 1.23. The Labute approximate surface area is 92.3 Å². The lowest BCUT2D eigenvalue weighted by atomic mass is 10.3. The van der Waals surface area contributed by atoms with E-state index in [1.54, 1.807) is 6.20 Å². The first-order valence-electron chi connectivity index (χ1n) is 5.24. The highest BCUT2D eigenvalue weighted by Crippen LogP contribution is 2.19. The van der Waals surface area contributed by atoms with Crippen LogP contribution in [0.25, 0.3) is 0 Å². The van der Waals surface area contributed by atoms with E-state index in [1.807, 2.05) is 19.3 Å². The summed E-state index contributed by atoms with van der Waals surface area (Å²) in [7, 11) is 3.54. The molecule has 0 spiro atoms. The number of nitrogen functional groups attached to an aromatic ring is 1. The van der Waals surface area contributed by atoms with Gasteiger partial charge in [0.05, 0.1) is 17.6 Å². The molecule has 0 atom stereocenters. The maximum absolute atomic E-state index is 5.81. The topological polar surface area (TPSA) is 68.2 Å². The first-order chi connectivity index (χ1) is 7.25. The van der Waals surface area contributed by atoms with E-state index in [0.717, 1.165) is 17.9 Å². The number of rotatable bonds is 4. The van der Waals surface area contributed by atoms with Crippen LogP contribution >= 0.6 is 0 Å². The molecule has 1 aromatic heterocycles. The van der Waals surface area contributed by atoms with Gasteiger partial charge >= 0.3 is 0 Å². The Morgan fingerprint density at radius 1 is 1.40 bits per heavy atom. The standard InChI is InChI=1S/C10H17N3.CH5N/c1-3-4-7-13(2)10-8-12-6-5-9(10)11;1-2/h5-6,8H,3-4,7H2,1-2H3,(H2,11,12);2H2,1H3. The predicted octanol–water partition coefficient (Wildman–Crippen LogP) is 1.48. The predicted molar refractivity (Wildman–Crippen MR) is 66.9 cm³/mol. The van der Waals surface area contributed by atoms with Gasteiger partial charge in [0.15, 0.2) is 0 Å². The van der Waals surface area contributed by atoms with Gasteiger partial charge in [-0.2, -0.15) is 0 Å². The van der Waals surface area contributed by atoms with Gasteiger partial charge in [-0.3, -0.25) is 4.98 Å². The molecule has 0 radical (unpaired) electrons. The zero-order valence-electron chi connectivity index (χ0n) is 9.90. The van der Waals surface area contributed by atoms with E-state index >= 15 is 0 Å². The van der Waals surface area contributed by atoms with Crippen molar-refractivity contribution < 1.29 is 0 Å². The second kappa shape index (κ2) is 8.05. The van der Waals surface area contributed by atoms with E-state index in [2.05, 4.69) is 22.5 Å². The number of hydrogen-bond acceptors (Lipinski definition) is 4. The van der Waals surface area contributed by atoms with Crippen LogP contribution in [-0.2, 0) is 0 Å². The molecule has 0 unspecified atom stereocenters. The van der Waals surface area contributed by atoms with Crippen molar-refractivity contribution in [1.82, 2.24) is 4.98 Å². The summed E-state index contributed by atoms with van der Waals surface area (Å²) < 4.78 is 0. The lowest BCUT2D eigenvalue weighted by Crippen LogP contribution is -2.19. The van der Waals surface area contributed by atoms with Crippen LogP contribution in [0, 0.1) is 0 Å². The molecule has 86 valence electrons. The fourth-order valence-electron chi connectivity index (χ4n) is 1.23. The lowest BCUT2D eigenvalue weighted by molar-refractivity contribution is 0.766. The summed E-state index contributed by atoms with van der Waals surface area (Å²) in [5.74, 6) is 0. The molecular formula is C11H22N4. The third-order valence-electron chi connectivity index (χ3n) is 2.09. The van der Waals surface area contributed by atoms with Gasteiger partial charge in [-0.25, -0.2) is 0 Å². The molecule has 0 aromatic carbocycles. The minimum Gasteiger partial charge on any atom is -0.397 e. The monoisotopic (exact) mass is 210 g/mol. The molecule has 4 heteroatoms. The van der Waals surface area contributed by atoms with Crippen molar-refractivity contribution in [3.05, 3.63) is 18.5 Å². The number of anilines is 2. The van der Waals surface area contributed by atoms with Gasteiger partial charge in [0.1, 0.15) is 0 Å². The molecule has 1 rings (SSSR count). The van der Waals surface area contributed by atoms with Crippen molar-refractivity contribution in [2.24, 2.45) is 5.73 Å². The Bertz CT molecular complexity index is 263. The summed E-state index contributed by atoms with van der Waals surface area (Å²) in [6, 6.07) is 1.83. The third kappa shape index (κ3) is 4.65. The largest absolute Gasteiger partial charge is 0.397 e. The van der Waals surface area contributed by atoms with E-state index < -0.39 is 0 Å². The van der Waals surface area contributed by atoms with Gasteiger partial charge in [0.2, 0.25) is 0 Å². The summed E-state index contributed by atoms with van der Waals surface area (Å²) in [6.45, 7) is 3.22. The molecule has 0 amide bonds. The van der Waals surface area contributed by atoms with Gasteiger partial charge in [0, 0.05) is 19.8 Å². The van der Waals surface area contributed by atoms with E-state index in [4.69, 9.17) is 5.73 Å². The van der Waals surface area contributed by atoms with Crippen LogP contribution in [0.3, 0.4) is 0 Å². The van der Waals surface area contributed by atoms with Crippen LogP contribution in [0.4, 0.5) is 11.4 Å². The third-order valence-corrected chi connectivity index (χ3v) is 2.09. The zero-order valence-corrected chi connectivity index (χ0v) is 9.90. The smallest absolute Gasteiger partial charge is 0.0783 e. The number of unbranched alkanes of at least 4 members (excludes halogenated alkanes) is 1. The van der Waals surface area contributed by atoms with E-state index in [9.17, 15) is 0 Å². The van der Waals surface area contributed by atoms with Crippen LogP contribution in [0.15, 0.2) is 18.5 Å². The Morgan fingerprint density at radius 3 is 2.60 bits per heavy atom. The van der Waals surface area contributed by atoms with Crippen LogP contribution < -0.4 is 16.4 Å². The summed E-state index contributed by atoms with van der Waals surface area (Å²) >= 11 is 0. The van der Waals surface area contributed by atoms with E-state index in [1.165, 1.54) is 19.9 Å². The first kappa shape index (κ1) is 13.7. The van der Waals surface area contributed by atoms with Crippen molar-refractivity contribution in [3.8, 4) is 0 Å². The van der Waals surface area contributed by atoms with Gasteiger partial charge in [0.25, 0.3) is 0 Å². The van der Waals surface area contributed by atoms with Gasteiger partial charge in [-0.05, 0) is 19.5 Å². The maximum atomic E-state index is 5.81. The van der Waals surface area contributed by atoms with Crippen molar-refractivity contribution in [3.63, 3.8) is 0 Å². The second-order valence-electron chi connectivity index (χ2n) is 3.21. The lowest BCUT2D eigenvalue weighted by Gasteiger charge is -2.19. The van der Waals surface area contributed by atoms with Crippen LogP contribution in [-0.4, -0.2) is 25.6 Å². The summed E-state index contributed by atoms with van der Waals surface area (Å²) in [4.78, 5) is 6.20. The van der Waals surface area contributed by atoms with Crippen LogP contribution in [0.5, 0.6) is 0 Å². The SMILES string of the molecule is CCCCN(C)c1cnccc1N.CN. The molecule has 0 bridgehead atoms. The Hall–Kier alpha value is -1.29. The number of nitrogens with zero attached hydrogens (tertiary/aromatic N) is 2. The maximum Gasteiger partial charge on any atom is 0.0783 e. The molecule has 15 heavy (non-hydrogen) atoms. The van der Waals surface area contributed by atoms with Crippen molar-refractivity contribution >= 4 is 11.4 Å². The first-order valence-corrected chi connectivity index (χ1v) is 5.24. The molecule has 4 N–H and O–H groups in total. The van der Waals surface area contributed by atoms with E-state index in [0.29, 0.717) is 0 Å². The van der Waals surface area contributed by atoms with Crippen molar-refractivity contribution in [2.45, 2.75) is 19.8 Å². The number of hydrogen-bond donors (Lipinski definition) is 2. The Morgan fingerprint density at radius 2 is 2.07 bits per heavy atom. The number of aromatic nitrogens is 1. The van der Waals surface area contributed by atoms with Gasteiger partial charge < -0.3 is 16.4 Å². The Kier molecular flexibility index (Phi) is 7.36. The highest BCUT2D eigenvalue weighted by atomic mass is 15.1. The van der Waals surface area contributed by atoms with Crippen molar-refractivity contribution in [1.29, 1.82) is 0 Å². The molecule has 0 saturated carbocycles. The van der Waals surface area contributed by atoms with Crippen LogP contribution in [0.1, 0.15) is 19.8 Å². The zero-order chi connectivity index (χ0) is 11.7. The molecular weight excluding hydrogens is 188 g/mol. The minimum atomic E-state index is 0.800. The normalized spacial score (nSPS) is 9.07. The van der Waals surface area contributed by atoms with Gasteiger partial charge in [-0.1, -0.05) is 13.3 Å². The van der Waals surface area contributed by atoms with E-state index in [-0.39, 0.29) is 0 Å². The minimum absolute atomic E-state index is 0.800. The average Bonchev–Trinajstić information content (AvgIpc) is 2.29.